The van der Waals surface area contributed by atoms with E-state index in [9.17, 15) is 4.79 Å². The number of hydrogen-bond acceptors (Lipinski definition) is 5. The van der Waals surface area contributed by atoms with E-state index in [2.05, 4.69) is 15.3 Å². The van der Waals surface area contributed by atoms with Gasteiger partial charge in [-0.2, -0.15) is 0 Å². The topological polar surface area (TPSA) is 68.0 Å². The van der Waals surface area contributed by atoms with Gasteiger partial charge in [-0.15, -0.1) is 11.3 Å². The maximum Gasteiger partial charge on any atom is 0.226 e. The summed E-state index contributed by atoms with van der Waals surface area (Å²) in [6, 6.07) is 5.17. The van der Waals surface area contributed by atoms with Crippen LogP contribution in [-0.2, 0) is 11.2 Å². The molecule has 1 N–H and O–H groups in total. The number of oxazole rings is 1. The van der Waals surface area contributed by atoms with E-state index in [0.717, 1.165) is 11.3 Å². The average Bonchev–Trinajstić information content (AvgIpc) is 3.17. The molecule has 0 bridgehead atoms. The fourth-order valence-corrected chi connectivity index (χ4v) is 3.86. The maximum absolute atomic E-state index is 12.1. The van der Waals surface area contributed by atoms with E-state index < -0.39 is 0 Å². The summed E-state index contributed by atoms with van der Waals surface area (Å²) in [6.45, 7) is 0. The van der Waals surface area contributed by atoms with Gasteiger partial charge in [0.25, 0.3) is 0 Å². The molecule has 1 aromatic carbocycles. The van der Waals surface area contributed by atoms with Gasteiger partial charge >= 0.3 is 0 Å². The summed E-state index contributed by atoms with van der Waals surface area (Å²) in [7, 11) is 0. The summed E-state index contributed by atoms with van der Waals surface area (Å²) in [5.41, 5.74) is 1.80. The summed E-state index contributed by atoms with van der Waals surface area (Å²) < 4.78 is 5.70. The van der Waals surface area contributed by atoms with E-state index in [1.165, 1.54) is 24.2 Å². The second kappa shape index (κ2) is 7.39. The molecule has 0 spiro atoms. The Morgan fingerprint density at radius 1 is 1.35 bits per heavy atom. The number of aryl methyl sites for hydroxylation is 1. The van der Waals surface area contributed by atoms with Crippen molar-refractivity contribution in [1.29, 1.82) is 0 Å². The highest BCUT2D eigenvalue weighted by Gasteiger charge is 2.26. The molecule has 134 valence electrons. The number of carbonyl (C=O) groups excluding carboxylic acids is 1. The quantitative estimate of drug-likeness (QED) is 0.580. The number of nitrogens with zero attached hydrogens (tertiary/aromatic N) is 2. The fourth-order valence-electron chi connectivity index (χ4n) is 2.55. The van der Waals surface area contributed by atoms with E-state index in [1.54, 1.807) is 24.4 Å². The molecular formula is C18H15Cl2N3O2S. The van der Waals surface area contributed by atoms with Crippen LogP contribution >= 0.6 is 34.5 Å². The molecule has 4 rings (SSSR count). The first-order valence-corrected chi connectivity index (χ1v) is 9.87. The number of hydrogen-bond donors (Lipinski definition) is 1. The van der Waals surface area contributed by atoms with E-state index in [1.807, 2.05) is 5.38 Å². The van der Waals surface area contributed by atoms with Crippen molar-refractivity contribution in [2.45, 2.75) is 31.6 Å². The Labute approximate surface area is 164 Å². The molecule has 26 heavy (non-hydrogen) atoms. The molecule has 2 aromatic heterocycles. The predicted octanol–water partition coefficient (Wildman–Crippen LogP) is 5.55. The van der Waals surface area contributed by atoms with Crippen molar-refractivity contribution in [3.63, 3.8) is 0 Å². The molecule has 3 aromatic rings. The van der Waals surface area contributed by atoms with Gasteiger partial charge in [0.2, 0.25) is 5.91 Å². The molecule has 0 radical (unpaired) electrons. The minimum Gasteiger partial charge on any atom is -0.441 e. The normalized spacial score (nSPS) is 13.8. The number of thiazole rings is 1. The monoisotopic (exact) mass is 407 g/mol. The molecule has 0 saturated heterocycles. The van der Waals surface area contributed by atoms with Crippen molar-refractivity contribution in [3.05, 3.63) is 51.4 Å². The predicted molar refractivity (Wildman–Crippen MR) is 103 cm³/mol. The number of rotatable bonds is 6. The zero-order valence-corrected chi connectivity index (χ0v) is 16.0. The number of aromatic nitrogens is 2. The Morgan fingerprint density at radius 2 is 2.19 bits per heavy atom. The Morgan fingerprint density at radius 3 is 2.96 bits per heavy atom. The van der Waals surface area contributed by atoms with E-state index in [4.69, 9.17) is 27.6 Å². The Hall–Kier alpha value is -1.89. The lowest BCUT2D eigenvalue weighted by atomic mass is 10.2. The van der Waals surface area contributed by atoms with Gasteiger partial charge in [0.15, 0.2) is 16.8 Å². The third-order valence-electron chi connectivity index (χ3n) is 4.08. The van der Waals surface area contributed by atoms with E-state index in [0.29, 0.717) is 39.2 Å². The van der Waals surface area contributed by atoms with Crippen molar-refractivity contribution < 1.29 is 9.21 Å². The van der Waals surface area contributed by atoms with Crippen LogP contribution in [0.4, 0.5) is 5.13 Å². The van der Waals surface area contributed by atoms with Crippen LogP contribution in [0.15, 0.2) is 34.2 Å². The van der Waals surface area contributed by atoms with Gasteiger partial charge in [0.1, 0.15) is 0 Å². The largest absolute Gasteiger partial charge is 0.441 e. The van der Waals surface area contributed by atoms with Crippen LogP contribution < -0.4 is 5.32 Å². The van der Waals surface area contributed by atoms with Gasteiger partial charge in [0.05, 0.1) is 16.9 Å². The smallest absolute Gasteiger partial charge is 0.226 e. The number of anilines is 1. The summed E-state index contributed by atoms with van der Waals surface area (Å²) >= 11 is 13.5. The second-order valence-electron chi connectivity index (χ2n) is 6.14. The van der Waals surface area contributed by atoms with Crippen molar-refractivity contribution >= 4 is 45.6 Å². The van der Waals surface area contributed by atoms with Gasteiger partial charge in [-0.25, -0.2) is 9.97 Å². The van der Waals surface area contributed by atoms with Gasteiger partial charge in [0, 0.05) is 34.7 Å². The molecule has 1 saturated carbocycles. The zero-order valence-electron chi connectivity index (χ0n) is 13.7. The Kier molecular flexibility index (Phi) is 4.98. The van der Waals surface area contributed by atoms with Crippen molar-refractivity contribution in [2.75, 3.05) is 5.32 Å². The lowest BCUT2D eigenvalue weighted by Crippen LogP contribution is -2.12. The molecule has 0 atom stereocenters. The van der Waals surface area contributed by atoms with Gasteiger partial charge in [-0.3, -0.25) is 4.79 Å². The van der Waals surface area contributed by atoms with Crippen molar-refractivity contribution in [1.82, 2.24) is 9.97 Å². The van der Waals surface area contributed by atoms with Crippen LogP contribution in [0.2, 0.25) is 10.0 Å². The fraction of sp³-hybridized carbons (Fsp3) is 0.278. The highest BCUT2D eigenvalue weighted by atomic mass is 35.5. The molecule has 1 amide bonds. The first kappa shape index (κ1) is 17.5. The van der Waals surface area contributed by atoms with Crippen LogP contribution in [-0.4, -0.2) is 15.9 Å². The molecule has 1 aliphatic rings. The van der Waals surface area contributed by atoms with Gasteiger partial charge < -0.3 is 9.73 Å². The van der Waals surface area contributed by atoms with E-state index >= 15 is 0 Å². The Balaban J connectivity index is 1.34. The third-order valence-corrected chi connectivity index (χ3v) is 5.40. The van der Waals surface area contributed by atoms with E-state index in [-0.39, 0.29) is 12.3 Å². The standard InChI is InChI=1S/C18H15Cl2N3O2S/c19-11-3-4-12(13(20)7-11)15-8-21-17(25-15)6-5-16(24)23-18-22-14(9-26-18)10-1-2-10/h3-4,7-10H,1-2,5-6H2,(H,22,23,24). The van der Waals surface area contributed by atoms with Gasteiger partial charge in [-0.05, 0) is 31.0 Å². The molecule has 0 unspecified atom stereocenters. The minimum absolute atomic E-state index is 0.106. The van der Waals surface area contributed by atoms with Crippen LogP contribution in [0, 0.1) is 0 Å². The number of carbonyl (C=O) groups is 1. The minimum atomic E-state index is -0.106. The molecule has 0 aliphatic heterocycles. The summed E-state index contributed by atoms with van der Waals surface area (Å²) in [5, 5.41) is 6.55. The third kappa shape index (κ3) is 4.09. The molecule has 8 heteroatoms. The number of halogens is 2. The first-order chi connectivity index (χ1) is 12.6. The number of benzene rings is 1. The lowest BCUT2D eigenvalue weighted by Gasteiger charge is -2.01. The van der Waals surface area contributed by atoms with Crippen LogP contribution in [0.5, 0.6) is 0 Å². The molecule has 2 heterocycles. The maximum atomic E-state index is 12.1. The summed E-state index contributed by atoms with van der Waals surface area (Å²) in [6.07, 6.45) is 4.66. The molecule has 5 nitrogen and oxygen atoms in total. The second-order valence-corrected chi connectivity index (χ2v) is 7.84. The number of amides is 1. The highest BCUT2D eigenvalue weighted by molar-refractivity contribution is 7.13. The highest BCUT2D eigenvalue weighted by Crippen LogP contribution is 2.40. The first-order valence-electron chi connectivity index (χ1n) is 8.24. The molecule has 1 fully saturated rings. The summed E-state index contributed by atoms with van der Waals surface area (Å²) in [4.78, 5) is 20.8. The van der Waals surface area contributed by atoms with Crippen molar-refractivity contribution in [3.8, 4) is 11.3 Å². The lowest BCUT2D eigenvalue weighted by molar-refractivity contribution is -0.116. The number of nitrogens with one attached hydrogen (secondary N) is 1. The molecule has 1 aliphatic carbocycles. The zero-order chi connectivity index (χ0) is 18.1. The van der Waals surface area contributed by atoms with Crippen LogP contribution in [0.25, 0.3) is 11.3 Å². The van der Waals surface area contributed by atoms with Crippen LogP contribution in [0.1, 0.15) is 36.8 Å². The summed E-state index contributed by atoms with van der Waals surface area (Å²) in [5.74, 6) is 1.52. The Bertz CT molecular complexity index is 950. The average molecular weight is 408 g/mol. The van der Waals surface area contributed by atoms with Crippen LogP contribution in [0.3, 0.4) is 0 Å². The SMILES string of the molecule is O=C(CCc1ncc(-c2ccc(Cl)cc2Cl)o1)Nc1nc(C2CC2)cs1. The van der Waals surface area contributed by atoms with Gasteiger partial charge in [-0.1, -0.05) is 23.2 Å². The van der Waals surface area contributed by atoms with Crippen molar-refractivity contribution in [2.24, 2.45) is 0 Å². The molecular weight excluding hydrogens is 393 g/mol.